The van der Waals surface area contributed by atoms with Crippen molar-refractivity contribution in [2.45, 2.75) is 25.2 Å². The van der Waals surface area contributed by atoms with E-state index in [0.29, 0.717) is 11.4 Å². The number of ether oxygens (including phenoxy) is 1. The molecule has 1 heterocycles. The molecular weight excluding hydrogens is 310 g/mol. The van der Waals surface area contributed by atoms with Crippen molar-refractivity contribution in [2.75, 3.05) is 12.3 Å². The lowest BCUT2D eigenvalue weighted by atomic mass is 10.1. The zero-order valence-electron chi connectivity index (χ0n) is 13.1. The van der Waals surface area contributed by atoms with Crippen LogP contribution in [-0.2, 0) is 11.3 Å². The number of benzene rings is 1. The van der Waals surface area contributed by atoms with Crippen LogP contribution in [0.5, 0.6) is 0 Å². The standard InChI is InChI=1S/C17H21N3O4/c18-13-6-7-14(20-10-13)16(22)15(21)8-9-19-17(23)24-11-12-4-2-1-3-5-12/h1-7,10,15-16,21-22H,8-9,11,18H2,(H,19,23). The average Bonchev–Trinajstić information content (AvgIpc) is 2.61. The number of anilines is 1. The molecule has 24 heavy (non-hydrogen) atoms. The molecule has 0 fully saturated rings. The number of carbonyl (C=O) groups is 1. The molecule has 2 atom stereocenters. The van der Waals surface area contributed by atoms with Crippen molar-refractivity contribution in [1.82, 2.24) is 10.3 Å². The number of alkyl carbamates (subject to hydrolysis) is 1. The van der Waals surface area contributed by atoms with E-state index in [4.69, 9.17) is 10.5 Å². The number of nitrogen functional groups attached to an aromatic ring is 1. The van der Waals surface area contributed by atoms with Gasteiger partial charge in [0.25, 0.3) is 0 Å². The Kier molecular flexibility index (Phi) is 6.53. The molecule has 0 radical (unpaired) electrons. The van der Waals surface area contributed by atoms with Crippen molar-refractivity contribution in [3.63, 3.8) is 0 Å². The second-order valence-electron chi connectivity index (χ2n) is 5.31. The van der Waals surface area contributed by atoms with Crippen molar-refractivity contribution < 1.29 is 19.7 Å². The smallest absolute Gasteiger partial charge is 0.407 e. The van der Waals surface area contributed by atoms with Gasteiger partial charge >= 0.3 is 6.09 Å². The van der Waals surface area contributed by atoms with Gasteiger partial charge in [-0.3, -0.25) is 4.98 Å². The van der Waals surface area contributed by atoms with Gasteiger partial charge in [0.05, 0.1) is 23.7 Å². The molecule has 7 nitrogen and oxygen atoms in total. The van der Waals surface area contributed by atoms with Crippen molar-refractivity contribution >= 4 is 11.8 Å². The van der Waals surface area contributed by atoms with Gasteiger partial charge < -0.3 is 26.0 Å². The van der Waals surface area contributed by atoms with Crippen LogP contribution < -0.4 is 11.1 Å². The molecule has 0 saturated carbocycles. The summed E-state index contributed by atoms with van der Waals surface area (Å²) in [5.41, 5.74) is 7.20. The molecule has 2 rings (SSSR count). The summed E-state index contributed by atoms with van der Waals surface area (Å²) in [6, 6.07) is 12.5. The lowest BCUT2D eigenvalue weighted by Crippen LogP contribution is -2.30. The van der Waals surface area contributed by atoms with Gasteiger partial charge in [-0.2, -0.15) is 0 Å². The lowest BCUT2D eigenvalue weighted by Gasteiger charge is -2.17. The summed E-state index contributed by atoms with van der Waals surface area (Å²) in [5.74, 6) is 0. The largest absolute Gasteiger partial charge is 0.445 e. The second-order valence-corrected chi connectivity index (χ2v) is 5.31. The Morgan fingerprint density at radius 2 is 1.96 bits per heavy atom. The van der Waals surface area contributed by atoms with E-state index in [9.17, 15) is 15.0 Å². The first-order valence-corrected chi connectivity index (χ1v) is 7.58. The van der Waals surface area contributed by atoms with Gasteiger partial charge in [-0.05, 0) is 24.1 Å². The molecule has 1 aromatic carbocycles. The van der Waals surface area contributed by atoms with Crippen molar-refractivity contribution in [2.24, 2.45) is 0 Å². The number of aliphatic hydroxyl groups is 2. The van der Waals surface area contributed by atoms with Gasteiger partial charge in [0.1, 0.15) is 12.7 Å². The Morgan fingerprint density at radius 1 is 1.21 bits per heavy atom. The molecular formula is C17H21N3O4. The maximum atomic E-state index is 11.6. The number of nitrogens with two attached hydrogens (primary N) is 1. The first-order valence-electron chi connectivity index (χ1n) is 7.58. The van der Waals surface area contributed by atoms with Crippen LogP contribution in [0.25, 0.3) is 0 Å². The SMILES string of the molecule is Nc1ccc(C(O)C(O)CCNC(=O)OCc2ccccc2)nc1. The van der Waals surface area contributed by atoms with Crippen molar-refractivity contribution in [3.8, 4) is 0 Å². The van der Waals surface area contributed by atoms with Gasteiger partial charge in [0, 0.05) is 6.54 Å². The van der Waals surface area contributed by atoms with Gasteiger partial charge in [-0.15, -0.1) is 0 Å². The summed E-state index contributed by atoms with van der Waals surface area (Å²) in [6.45, 7) is 0.341. The summed E-state index contributed by atoms with van der Waals surface area (Å²) < 4.78 is 5.05. The van der Waals surface area contributed by atoms with Crippen LogP contribution in [0.2, 0.25) is 0 Å². The molecule has 0 saturated heterocycles. The van der Waals surface area contributed by atoms with Crippen LogP contribution in [0.3, 0.4) is 0 Å². The van der Waals surface area contributed by atoms with Gasteiger partial charge in [0.15, 0.2) is 0 Å². The third-order valence-corrected chi connectivity index (χ3v) is 3.40. The van der Waals surface area contributed by atoms with Gasteiger partial charge in [0.2, 0.25) is 0 Å². The van der Waals surface area contributed by atoms with Crippen LogP contribution in [0.1, 0.15) is 23.8 Å². The predicted molar refractivity (Wildman–Crippen MR) is 88.9 cm³/mol. The monoisotopic (exact) mass is 331 g/mol. The van der Waals surface area contributed by atoms with E-state index in [1.165, 1.54) is 6.20 Å². The Labute approximate surface area is 140 Å². The number of nitrogens with zero attached hydrogens (tertiary/aromatic N) is 1. The fourth-order valence-electron chi connectivity index (χ4n) is 2.04. The average molecular weight is 331 g/mol. The van der Waals surface area contributed by atoms with E-state index >= 15 is 0 Å². The third-order valence-electron chi connectivity index (χ3n) is 3.40. The Morgan fingerprint density at radius 3 is 2.62 bits per heavy atom. The molecule has 0 spiro atoms. The van der Waals surface area contributed by atoms with Crippen LogP contribution >= 0.6 is 0 Å². The van der Waals surface area contributed by atoms with E-state index in [-0.39, 0.29) is 19.6 Å². The van der Waals surface area contributed by atoms with E-state index < -0.39 is 18.3 Å². The van der Waals surface area contributed by atoms with Crippen LogP contribution in [0.4, 0.5) is 10.5 Å². The minimum Gasteiger partial charge on any atom is -0.445 e. The Balaban J connectivity index is 1.68. The fourth-order valence-corrected chi connectivity index (χ4v) is 2.04. The first kappa shape index (κ1) is 17.7. The van der Waals surface area contributed by atoms with Crippen molar-refractivity contribution in [1.29, 1.82) is 0 Å². The van der Waals surface area contributed by atoms with E-state index in [2.05, 4.69) is 10.3 Å². The summed E-state index contributed by atoms with van der Waals surface area (Å²) in [4.78, 5) is 15.5. The molecule has 5 N–H and O–H groups in total. The molecule has 0 aliphatic rings. The second kappa shape index (κ2) is 8.85. The Hall–Kier alpha value is -2.64. The van der Waals surface area contributed by atoms with E-state index in [1.807, 2.05) is 30.3 Å². The maximum absolute atomic E-state index is 11.6. The first-order chi connectivity index (χ1) is 11.6. The molecule has 0 bridgehead atoms. The summed E-state index contributed by atoms with van der Waals surface area (Å²) >= 11 is 0. The highest BCUT2D eigenvalue weighted by atomic mass is 16.5. The molecule has 2 unspecified atom stereocenters. The zero-order valence-corrected chi connectivity index (χ0v) is 13.1. The molecule has 1 amide bonds. The fraction of sp³-hybridized carbons (Fsp3) is 0.294. The van der Waals surface area contributed by atoms with Crippen molar-refractivity contribution in [3.05, 3.63) is 59.9 Å². The highest BCUT2D eigenvalue weighted by Crippen LogP contribution is 2.17. The summed E-state index contributed by atoms with van der Waals surface area (Å²) in [5, 5.41) is 22.5. The minimum absolute atomic E-state index is 0.160. The highest BCUT2D eigenvalue weighted by Gasteiger charge is 2.19. The molecule has 7 heteroatoms. The number of aromatic nitrogens is 1. The number of carbonyl (C=O) groups excluding carboxylic acids is 1. The van der Waals surface area contributed by atoms with Gasteiger partial charge in [-0.1, -0.05) is 30.3 Å². The highest BCUT2D eigenvalue weighted by molar-refractivity contribution is 5.67. The number of pyridine rings is 1. The number of nitrogens with one attached hydrogen (secondary N) is 1. The zero-order chi connectivity index (χ0) is 17.4. The molecule has 0 aliphatic heterocycles. The maximum Gasteiger partial charge on any atom is 0.407 e. The minimum atomic E-state index is -1.15. The quantitative estimate of drug-likeness (QED) is 0.609. The number of amides is 1. The lowest BCUT2D eigenvalue weighted by molar-refractivity contribution is 0.0112. The molecule has 0 aliphatic carbocycles. The van der Waals surface area contributed by atoms with E-state index in [0.717, 1.165) is 5.56 Å². The number of rotatable bonds is 7. The summed E-state index contributed by atoms with van der Waals surface area (Å²) in [7, 11) is 0. The van der Waals surface area contributed by atoms with Crippen LogP contribution in [0.15, 0.2) is 48.7 Å². The third kappa shape index (κ3) is 5.53. The molecule has 2 aromatic rings. The topological polar surface area (TPSA) is 118 Å². The Bertz CT molecular complexity index is 634. The van der Waals surface area contributed by atoms with Crippen LogP contribution in [-0.4, -0.2) is 33.9 Å². The number of aliphatic hydroxyl groups excluding tert-OH is 2. The normalized spacial score (nSPS) is 13.1. The molecule has 128 valence electrons. The molecule has 1 aromatic heterocycles. The van der Waals surface area contributed by atoms with Crippen LogP contribution in [0, 0.1) is 0 Å². The van der Waals surface area contributed by atoms with Gasteiger partial charge in [-0.25, -0.2) is 4.79 Å². The van der Waals surface area contributed by atoms with E-state index in [1.54, 1.807) is 12.1 Å². The summed E-state index contributed by atoms with van der Waals surface area (Å²) in [6.07, 6.45) is -1.22. The predicted octanol–water partition coefficient (Wildman–Crippen LogP) is 1.37. The number of hydrogen-bond acceptors (Lipinski definition) is 6. The number of hydrogen-bond donors (Lipinski definition) is 4.